The van der Waals surface area contributed by atoms with E-state index in [1.807, 2.05) is 63.9 Å². The van der Waals surface area contributed by atoms with Crippen LogP contribution in [0.5, 0.6) is 0 Å². The summed E-state index contributed by atoms with van der Waals surface area (Å²) in [5, 5.41) is 10.1. The summed E-state index contributed by atoms with van der Waals surface area (Å²) >= 11 is 1.39. The number of allylic oxidation sites excluding steroid dienone is 2. The van der Waals surface area contributed by atoms with E-state index in [1.54, 1.807) is 4.57 Å². The fraction of sp³-hybridized carbons (Fsp3) is 0.333. The second-order valence-electron chi connectivity index (χ2n) is 9.24. The van der Waals surface area contributed by atoms with E-state index >= 15 is 0 Å². The third-order valence-electron chi connectivity index (χ3n) is 6.74. The highest BCUT2D eigenvalue weighted by atomic mass is 32.2. The minimum atomic E-state index is -0.0962. The molecule has 0 aliphatic heterocycles. The van der Waals surface area contributed by atoms with E-state index in [4.69, 9.17) is 0 Å². The third kappa shape index (κ3) is 4.27. The average Bonchev–Trinajstić information content (AvgIpc) is 3.64. The van der Waals surface area contributed by atoms with Gasteiger partial charge in [-0.25, -0.2) is 0 Å². The molecular formula is C27H27N5O2S. The van der Waals surface area contributed by atoms with Gasteiger partial charge in [0.15, 0.2) is 5.16 Å². The molecule has 8 heteroatoms. The molecule has 1 amide bonds. The summed E-state index contributed by atoms with van der Waals surface area (Å²) in [4.78, 5) is 28.7. The number of hydrogen-bond acceptors (Lipinski definition) is 5. The normalized spacial score (nSPS) is 15.9. The zero-order chi connectivity index (χ0) is 23.8. The number of carbonyl (C=O) groups is 1. The van der Waals surface area contributed by atoms with Crippen LogP contribution < -0.4 is 5.56 Å². The molecule has 0 radical (unpaired) electrons. The summed E-state index contributed by atoms with van der Waals surface area (Å²) in [6, 6.07) is 17.7. The molecule has 2 aliphatic rings. The molecule has 7 nitrogen and oxygen atoms in total. The van der Waals surface area contributed by atoms with Gasteiger partial charge in [0, 0.05) is 11.7 Å². The second kappa shape index (κ2) is 9.34. The summed E-state index contributed by atoms with van der Waals surface area (Å²) in [5.74, 6) is 0.909. The largest absolute Gasteiger partial charge is 0.313 e. The van der Waals surface area contributed by atoms with Gasteiger partial charge in [0.1, 0.15) is 0 Å². The molecule has 1 fully saturated rings. The summed E-state index contributed by atoms with van der Waals surface area (Å²) in [5.41, 5.74) is 2.87. The second-order valence-corrected chi connectivity index (χ2v) is 10.2. The highest BCUT2D eigenvalue weighted by molar-refractivity contribution is 7.99. The van der Waals surface area contributed by atoms with E-state index in [2.05, 4.69) is 16.3 Å². The van der Waals surface area contributed by atoms with Gasteiger partial charge in [-0.15, -0.1) is 10.2 Å². The fourth-order valence-electron chi connectivity index (χ4n) is 4.90. The Morgan fingerprint density at radius 1 is 1.03 bits per heavy atom. The van der Waals surface area contributed by atoms with Crippen LogP contribution in [0.1, 0.15) is 44.1 Å². The van der Waals surface area contributed by atoms with Crippen molar-refractivity contribution in [3.63, 3.8) is 0 Å². The first-order valence-electron chi connectivity index (χ1n) is 12.3. The molecule has 0 bridgehead atoms. The maximum Gasteiger partial charge on any atom is 0.263 e. The van der Waals surface area contributed by atoms with E-state index in [0.29, 0.717) is 34.7 Å². The zero-order valence-corrected chi connectivity index (χ0v) is 20.3. The van der Waals surface area contributed by atoms with Crippen LogP contribution in [0.25, 0.3) is 16.7 Å². The van der Waals surface area contributed by atoms with Crippen LogP contribution in [0.4, 0.5) is 0 Å². The first kappa shape index (κ1) is 22.1. The van der Waals surface area contributed by atoms with Crippen molar-refractivity contribution in [2.45, 2.75) is 56.3 Å². The van der Waals surface area contributed by atoms with Gasteiger partial charge in [-0.2, -0.15) is 0 Å². The molecule has 0 atom stereocenters. The number of benzene rings is 2. The van der Waals surface area contributed by atoms with Crippen LogP contribution in [0.15, 0.2) is 76.3 Å². The van der Waals surface area contributed by atoms with Crippen molar-refractivity contribution in [3.8, 4) is 0 Å². The summed E-state index contributed by atoms with van der Waals surface area (Å²) in [6.45, 7) is 0.402. The van der Waals surface area contributed by atoms with Crippen molar-refractivity contribution in [3.05, 3.63) is 82.3 Å². The standard InChI is InChI=1S/C27H27N5O2S/c33-24(31(21-15-16-21)20-11-5-2-6-12-20)18-35-27-29-28-26-30(17-19-9-3-1-4-10-19)25(34)22-13-7-8-14-23(22)32(26)27/h1,3-4,7-11,13-14,21H,2,5-6,12,15-18H2. The minimum Gasteiger partial charge on any atom is -0.313 e. The van der Waals surface area contributed by atoms with Gasteiger partial charge < -0.3 is 4.90 Å². The quantitative estimate of drug-likeness (QED) is 0.357. The lowest BCUT2D eigenvalue weighted by molar-refractivity contribution is -0.127. The molecule has 0 saturated heterocycles. The van der Waals surface area contributed by atoms with Crippen molar-refractivity contribution >= 4 is 34.3 Å². The Morgan fingerprint density at radius 2 is 1.83 bits per heavy atom. The van der Waals surface area contributed by atoms with Crippen molar-refractivity contribution in [1.29, 1.82) is 0 Å². The molecule has 2 aromatic carbocycles. The smallest absolute Gasteiger partial charge is 0.263 e. The highest BCUT2D eigenvalue weighted by Gasteiger charge is 2.35. The van der Waals surface area contributed by atoms with E-state index in [0.717, 1.165) is 43.2 Å². The molecule has 1 saturated carbocycles. The zero-order valence-electron chi connectivity index (χ0n) is 19.5. The van der Waals surface area contributed by atoms with Crippen LogP contribution in [-0.4, -0.2) is 41.8 Å². The number of carbonyl (C=O) groups excluding carboxylic acids is 1. The number of fused-ring (bicyclic) bond motifs is 3. The van der Waals surface area contributed by atoms with Gasteiger partial charge in [0.25, 0.3) is 5.56 Å². The van der Waals surface area contributed by atoms with Crippen molar-refractivity contribution in [2.24, 2.45) is 0 Å². The van der Waals surface area contributed by atoms with Crippen molar-refractivity contribution in [1.82, 2.24) is 24.1 Å². The third-order valence-corrected chi connectivity index (χ3v) is 7.66. The molecule has 2 heterocycles. The van der Waals surface area contributed by atoms with Crippen LogP contribution >= 0.6 is 11.8 Å². The van der Waals surface area contributed by atoms with E-state index in [1.165, 1.54) is 23.9 Å². The van der Waals surface area contributed by atoms with Gasteiger partial charge in [-0.3, -0.25) is 18.6 Å². The maximum atomic E-state index is 13.4. The Kier molecular flexibility index (Phi) is 5.90. The minimum absolute atomic E-state index is 0.0962. The molecule has 35 heavy (non-hydrogen) atoms. The number of rotatable bonds is 7. The van der Waals surface area contributed by atoms with Gasteiger partial charge >= 0.3 is 0 Å². The number of hydrogen-bond donors (Lipinski definition) is 0. The predicted molar refractivity (Wildman–Crippen MR) is 137 cm³/mol. The number of para-hydroxylation sites is 1. The molecule has 2 aromatic heterocycles. The maximum absolute atomic E-state index is 13.4. The Hall–Kier alpha value is -3.39. The number of aromatic nitrogens is 4. The lowest BCUT2D eigenvalue weighted by Crippen LogP contribution is -2.34. The molecular weight excluding hydrogens is 458 g/mol. The molecule has 178 valence electrons. The molecule has 0 N–H and O–H groups in total. The monoisotopic (exact) mass is 485 g/mol. The fourth-order valence-corrected chi connectivity index (χ4v) is 5.70. The lowest BCUT2D eigenvalue weighted by Gasteiger charge is -2.27. The Balaban J connectivity index is 1.35. The first-order valence-corrected chi connectivity index (χ1v) is 13.2. The van der Waals surface area contributed by atoms with Gasteiger partial charge in [-0.05, 0) is 56.2 Å². The summed E-state index contributed by atoms with van der Waals surface area (Å²) < 4.78 is 3.58. The van der Waals surface area contributed by atoms with Crippen LogP contribution in [0, 0.1) is 0 Å². The SMILES string of the molecule is O=C(CSc1nnc2n(Cc3ccccc3)c(=O)c3ccccc3n12)N(C1=CCCCC1)C1CC1. The molecule has 0 unspecified atom stereocenters. The van der Waals surface area contributed by atoms with Crippen LogP contribution in [0.2, 0.25) is 0 Å². The predicted octanol–water partition coefficient (Wildman–Crippen LogP) is 4.63. The van der Waals surface area contributed by atoms with Crippen molar-refractivity contribution < 1.29 is 4.79 Å². The summed E-state index contributed by atoms with van der Waals surface area (Å²) in [7, 11) is 0. The number of amides is 1. The van der Waals surface area contributed by atoms with Gasteiger partial charge in [-0.1, -0.05) is 60.3 Å². The number of nitrogens with zero attached hydrogens (tertiary/aromatic N) is 5. The van der Waals surface area contributed by atoms with Crippen LogP contribution in [0.3, 0.4) is 0 Å². The molecule has 2 aliphatic carbocycles. The van der Waals surface area contributed by atoms with Gasteiger partial charge in [0.2, 0.25) is 11.7 Å². The van der Waals surface area contributed by atoms with Crippen LogP contribution in [-0.2, 0) is 11.3 Å². The number of thioether (sulfide) groups is 1. The van der Waals surface area contributed by atoms with Crippen molar-refractivity contribution in [2.75, 3.05) is 5.75 Å². The topological polar surface area (TPSA) is 72.5 Å². The first-order chi connectivity index (χ1) is 17.2. The molecule has 6 rings (SSSR count). The Labute approximate surface area is 207 Å². The Morgan fingerprint density at radius 3 is 2.60 bits per heavy atom. The van der Waals surface area contributed by atoms with E-state index < -0.39 is 0 Å². The molecule has 4 aromatic rings. The van der Waals surface area contributed by atoms with E-state index in [9.17, 15) is 9.59 Å². The average molecular weight is 486 g/mol. The summed E-state index contributed by atoms with van der Waals surface area (Å²) in [6.07, 6.45) is 8.79. The highest BCUT2D eigenvalue weighted by Crippen LogP contribution is 2.34. The van der Waals surface area contributed by atoms with Gasteiger partial charge in [0.05, 0.1) is 23.2 Å². The lowest BCUT2D eigenvalue weighted by atomic mass is 10.0. The van der Waals surface area contributed by atoms with E-state index in [-0.39, 0.29) is 11.5 Å². The Bertz CT molecular complexity index is 1490. The molecule has 0 spiro atoms.